The van der Waals surface area contributed by atoms with Gasteiger partial charge in [0.05, 0.1) is 24.7 Å². The molecule has 2 saturated heterocycles. The number of piperazine rings is 1. The second-order valence-electron chi connectivity index (χ2n) is 6.85. The van der Waals surface area contributed by atoms with Gasteiger partial charge in [-0.25, -0.2) is 17.2 Å². The Morgan fingerprint density at radius 3 is 2.07 bits per heavy atom. The van der Waals surface area contributed by atoms with Crippen molar-refractivity contribution < 1.29 is 31.5 Å². The minimum Gasteiger partial charge on any atom is -0.378 e. The fourth-order valence-electron chi connectivity index (χ4n) is 3.22. The average molecular weight is 464 g/mol. The van der Waals surface area contributed by atoms with Crippen molar-refractivity contribution in [3.8, 4) is 0 Å². The molecular weight excluding hydrogens is 440 g/mol. The number of hydrogen-bond donors (Lipinski definition) is 0. The third kappa shape index (κ3) is 5.48. The molecule has 0 atom stereocenters. The van der Waals surface area contributed by atoms with Gasteiger partial charge >= 0.3 is 0 Å². The van der Waals surface area contributed by atoms with Crippen LogP contribution in [0.25, 0.3) is 0 Å². The first-order chi connectivity index (χ1) is 14.3. The third-order valence-corrected chi connectivity index (χ3v) is 7.75. The standard InChI is InChI=1S/C18H23F2N3O5S2/c19-14-1-2-16(15(20)11-14)30(26,27)23-5-3-21(4-6-23)17(24)12-29-13-18(25)22-7-9-28-10-8-22/h1-2,11H,3-10,12-13H2. The van der Waals surface area contributed by atoms with Gasteiger partial charge < -0.3 is 14.5 Å². The summed E-state index contributed by atoms with van der Waals surface area (Å²) < 4.78 is 58.4. The summed E-state index contributed by atoms with van der Waals surface area (Å²) in [5, 5.41) is 0. The van der Waals surface area contributed by atoms with E-state index in [0.717, 1.165) is 16.4 Å². The Labute approximate surface area is 178 Å². The van der Waals surface area contributed by atoms with Crippen molar-refractivity contribution in [2.24, 2.45) is 0 Å². The van der Waals surface area contributed by atoms with E-state index in [4.69, 9.17) is 4.74 Å². The highest BCUT2D eigenvalue weighted by Crippen LogP contribution is 2.21. The van der Waals surface area contributed by atoms with Crippen LogP contribution in [0.1, 0.15) is 0 Å². The summed E-state index contributed by atoms with van der Waals surface area (Å²) in [6.07, 6.45) is 0. The van der Waals surface area contributed by atoms with Crippen LogP contribution in [-0.2, 0) is 24.3 Å². The first-order valence-electron chi connectivity index (χ1n) is 9.45. The van der Waals surface area contributed by atoms with Gasteiger partial charge in [0.2, 0.25) is 21.8 Å². The normalized spacial score (nSPS) is 18.5. The molecule has 2 aliphatic heterocycles. The molecule has 12 heteroatoms. The molecule has 2 fully saturated rings. The fraction of sp³-hybridized carbons (Fsp3) is 0.556. The molecule has 0 aliphatic carbocycles. The molecule has 30 heavy (non-hydrogen) atoms. The molecule has 0 aromatic heterocycles. The van der Waals surface area contributed by atoms with E-state index in [1.54, 1.807) is 4.90 Å². The summed E-state index contributed by atoms with van der Waals surface area (Å²) in [6, 6.07) is 2.33. The number of carbonyl (C=O) groups excluding carboxylic acids is 2. The van der Waals surface area contributed by atoms with Gasteiger partial charge in [0.1, 0.15) is 16.5 Å². The Morgan fingerprint density at radius 2 is 1.50 bits per heavy atom. The van der Waals surface area contributed by atoms with Gasteiger partial charge in [-0.15, -0.1) is 11.8 Å². The molecule has 166 valence electrons. The maximum Gasteiger partial charge on any atom is 0.246 e. The highest BCUT2D eigenvalue weighted by molar-refractivity contribution is 8.00. The first-order valence-corrected chi connectivity index (χ1v) is 12.0. The van der Waals surface area contributed by atoms with E-state index in [2.05, 4.69) is 0 Å². The number of sulfonamides is 1. The number of hydrogen-bond acceptors (Lipinski definition) is 6. The van der Waals surface area contributed by atoms with Crippen molar-refractivity contribution in [2.75, 3.05) is 64.0 Å². The van der Waals surface area contributed by atoms with Crippen LogP contribution in [0, 0.1) is 11.6 Å². The van der Waals surface area contributed by atoms with Crippen LogP contribution in [0.3, 0.4) is 0 Å². The molecule has 0 spiro atoms. The number of rotatable bonds is 6. The predicted molar refractivity (Wildman–Crippen MR) is 106 cm³/mol. The highest BCUT2D eigenvalue weighted by atomic mass is 32.2. The van der Waals surface area contributed by atoms with Gasteiger partial charge in [-0.3, -0.25) is 9.59 Å². The molecule has 0 unspecified atom stereocenters. The van der Waals surface area contributed by atoms with Crippen molar-refractivity contribution in [3.05, 3.63) is 29.8 Å². The Bertz CT molecular complexity index is 886. The Morgan fingerprint density at radius 1 is 0.933 bits per heavy atom. The molecule has 8 nitrogen and oxygen atoms in total. The van der Waals surface area contributed by atoms with Crippen molar-refractivity contribution in [2.45, 2.75) is 4.90 Å². The van der Waals surface area contributed by atoms with E-state index in [1.165, 1.54) is 16.7 Å². The SMILES string of the molecule is O=C(CSCC(=O)N1CCN(S(=O)(=O)c2ccc(F)cc2F)CC1)N1CCOCC1. The Hall–Kier alpha value is -1.76. The smallest absolute Gasteiger partial charge is 0.246 e. The number of amides is 2. The molecule has 2 amide bonds. The highest BCUT2D eigenvalue weighted by Gasteiger charge is 2.32. The van der Waals surface area contributed by atoms with E-state index < -0.39 is 26.6 Å². The van der Waals surface area contributed by atoms with E-state index in [9.17, 15) is 26.8 Å². The Kier molecular flexibility index (Phi) is 7.66. The maximum atomic E-state index is 13.9. The third-order valence-electron chi connectivity index (χ3n) is 4.92. The molecule has 1 aromatic carbocycles. The average Bonchev–Trinajstić information content (AvgIpc) is 2.74. The lowest BCUT2D eigenvalue weighted by Crippen LogP contribution is -2.51. The molecule has 0 saturated carbocycles. The fourth-order valence-corrected chi connectivity index (χ4v) is 5.51. The zero-order chi connectivity index (χ0) is 21.7. The second-order valence-corrected chi connectivity index (χ2v) is 9.74. The minimum absolute atomic E-state index is 0.0161. The molecule has 1 aromatic rings. The number of halogens is 2. The van der Waals surface area contributed by atoms with Crippen LogP contribution in [0.15, 0.2) is 23.1 Å². The molecule has 0 N–H and O–H groups in total. The maximum absolute atomic E-state index is 13.9. The zero-order valence-corrected chi connectivity index (χ0v) is 17.9. The van der Waals surface area contributed by atoms with Crippen molar-refractivity contribution >= 4 is 33.6 Å². The summed E-state index contributed by atoms with van der Waals surface area (Å²) in [5.74, 6) is -1.89. The van der Waals surface area contributed by atoms with Gasteiger partial charge in [-0.05, 0) is 12.1 Å². The van der Waals surface area contributed by atoms with Crippen molar-refractivity contribution in [1.29, 1.82) is 0 Å². The summed E-state index contributed by atoms with van der Waals surface area (Å²) in [7, 11) is -4.11. The van der Waals surface area contributed by atoms with Crippen LogP contribution in [0.2, 0.25) is 0 Å². The van der Waals surface area contributed by atoms with E-state index in [0.29, 0.717) is 32.4 Å². The molecule has 2 aliphatic rings. The number of nitrogens with zero attached hydrogens (tertiary/aromatic N) is 3. The van der Waals surface area contributed by atoms with Gasteiger partial charge in [0, 0.05) is 45.3 Å². The number of carbonyl (C=O) groups is 2. The van der Waals surface area contributed by atoms with Gasteiger partial charge in [0.25, 0.3) is 0 Å². The quantitative estimate of drug-likeness (QED) is 0.607. The van der Waals surface area contributed by atoms with Gasteiger partial charge in [0.15, 0.2) is 0 Å². The zero-order valence-electron chi connectivity index (χ0n) is 16.3. The van der Waals surface area contributed by atoms with Crippen molar-refractivity contribution in [1.82, 2.24) is 14.1 Å². The van der Waals surface area contributed by atoms with E-state index >= 15 is 0 Å². The monoisotopic (exact) mass is 463 g/mol. The number of benzene rings is 1. The lowest BCUT2D eigenvalue weighted by Gasteiger charge is -2.34. The summed E-state index contributed by atoms with van der Waals surface area (Å²) in [5.41, 5.74) is 0. The van der Waals surface area contributed by atoms with Crippen LogP contribution in [-0.4, -0.2) is 98.3 Å². The topological polar surface area (TPSA) is 87.2 Å². The van der Waals surface area contributed by atoms with Crippen molar-refractivity contribution in [3.63, 3.8) is 0 Å². The lowest BCUT2D eigenvalue weighted by molar-refractivity contribution is -0.132. The second kappa shape index (κ2) is 10.0. The predicted octanol–water partition coefficient (Wildman–Crippen LogP) is 0.390. The van der Waals surface area contributed by atoms with Gasteiger partial charge in [-0.2, -0.15) is 4.31 Å². The summed E-state index contributed by atoms with van der Waals surface area (Å²) in [6.45, 7) is 2.51. The van der Waals surface area contributed by atoms with E-state index in [-0.39, 0.29) is 49.5 Å². The number of ether oxygens (including phenoxy) is 1. The number of morpholine rings is 1. The Balaban J connectivity index is 1.46. The summed E-state index contributed by atoms with van der Waals surface area (Å²) in [4.78, 5) is 27.1. The summed E-state index contributed by atoms with van der Waals surface area (Å²) >= 11 is 1.22. The molecule has 3 rings (SSSR count). The first kappa shape index (κ1) is 22.9. The molecule has 2 heterocycles. The lowest BCUT2D eigenvalue weighted by atomic mass is 10.3. The van der Waals surface area contributed by atoms with E-state index in [1.807, 2.05) is 0 Å². The number of thioether (sulfide) groups is 1. The largest absolute Gasteiger partial charge is 0.378 e. The van der Waals surface area contributed by atoms with Crippen LogP contribution in [0.5, 0.6) is 0 Å². The minimum atomic E-state index is -4.11. The van der Waals surface area contributed by atoms with Crippen LogP contribution < -0.4 is 0 Å². The molecule has 0 bridgehead atoms. The van der Waals surface area contributed by atoms with Crippen LogP contribution >= 0.6 is 11.8 Å². The molecule has 0 radical (unpaired) electrons. The van der Waals surface area contributed by atoms with Gasteiger partial charge in [-0.1, -0.05) is 0 Å². The van der Waals surface area contributed by atoms with Crippen LogP contribution in [0.4, 0.5) is 8.78 Å². The molecular formula is C18H23F2N3O5S2.